The minimum atomic E-state index is -0.687. The van der Waals surface area contributed by atoms with Crippen LogP contribution < -0.4 is 5.73 Å². The largest absolute Gasteiger partial charge is 0.389 e. The van der Waals surface area contributed by atoms with Crippen molar-refractivity contribution >= 4 is 0 Å². The van der Waals surface area contributed by atoms with Crippen LogP contribution in [0.15, 0.2) is 18.5 Å². The number of hydrogen-bond donors (Lipinski definition) is 2. The summed E-state index contributed by atoms with van der Waals surface area (Å²) in [5.41, 5.74) is 4.82. The molecule has 0 aliphatic carbocycles. The summed E-state index contributed by atoms with van der Waals surface area (Å²) in [7, 11) is 0. The number of nitrogens with two attached hydrogens (primary N) is 1. The second-order valence-corrected chi connectivity index (χ2v) is 3.65. The predicted molar refractivity (Wildman–Crippen MR) is 55.8 cm³/mol. The summed E-state index contributed by atoms with van der Waals surface area (Å²) in [6, 6.07) is 1.90. The lowest BCUT2D eigenvalue weighted by molar-refractivity contribution is 0.0331. The van der Waals surface area contributed by atoms with Gasteiger partial charge < -0.3 is 10.8 Å². The fraction of sp³-hybridized carbons (Fsp3) is 0.700. The van der Waals surface area contributed by atoms with Crippen LogP contribution in [0.3, 0.4) is 0 Å². The number of aryl methyl sites for hydroxylation is 1. The molecule has 0 fully saturated rings. The van der Waals surface area contributed by atoms with Gasteiger partial charge in [0.2, 0.25) is 0 Å². The van der Waals surface area contributed by atoms with Gasteiger partial charge in [0.05, 0.1) is 5.60 Å². The molecule has 0 saturated carbocycles. The Kier molecular flexibility index (Phi) is 4.10. The number of nitrogens with zero attached hydrogens (tertiary/aromatic N) is 2. The molecule has 1 aromatic heterocycles. The van der Waals surface area contributed by atoms with E-state index in [4.69, 9.17) is 5.73 Å². The van der Waals surface area contributed by atoms with E-state index in [1.54, 1.807) is 6.20 Å². The van der Waals surface area contributed by atoms with E-state index >= 15 is 0 Å². The molecule has 80 valence electrons. The summed E-state index contributed by atoms with van der Waals surface area (Å²) >= 11 is 0. The minimum Gasteiger partial charge on any atom is -0.389 e. The molecule has 4 heteroatoms. The van der Waals surface area contributed by atoms with E-state index in [-0.39, 0.29) is 0 Å². The molecule has 1 atom stereocenters. The Balaban J connectivity index is 2.27. The number of aliphatic hydroxyl groups is 1. The maximum absolute atomic E-state index is 9.90. The molecule has 4 nitrogen and oxygen atoms in total. The zero-order valence-electron chi connectivity index (χ0n) is 8.69. The molecule has 3 N–H and O–H groups in total. The van der Waals surface area contributed by atoms with Crippen LogP contribution in [0.25, 0.3) is 0 Å². The quantitative estimate of drug-likeness (QED) is 0.707. The van der Waals surface area contributed by atoms with Gasteiger partial charge in [0, 0.05) is 25.5 Å². The molecule has 1 rings (SSSR count). The van der Waals surface area contributed by atoms with Crippen LogP contribution in [0.2, 0.25) is 0 Å². The highest BCUT2D eigenvalue weighted by Gasteiger charge is 2.21. The van der Waals surface area contributed by atoms with Crippen molar-refractivity contribution in [2.75, 3.05) is 6.54 Å². The molecule has 0 aliphatic rings. The molecule has 0 aromatic carbocycles. The van der Waals surface area contributed by atoms with E-state index in [1.807, 2.05) is 23.9 Å². The second-order valence-electron chi connectivity index (χ2n) is 3.65. The summed E-state index contributed by atoms with van der Waals surface area (Å²) in [5.74, 6) is 0. The third-order valence-electron chi connectivity index (χ3n) is 2.63. The van der Waals surface area contributed by atoms with E-state index < -0.39 is 5.60 Å². The standard InChI is InChI=1S/C10H19N3O/c1-2-10(14,9-11)5-3-7-13-8-4-6-12-13/h4,6,8,14H,2-3,5,7,9,11H2,1H3. The van der Waals surface area contributed by atoms with Crippen molar-refractivity contribution in [2.24, 2.45) is 5.73 Å². The monoisotopic (exact) mass is 197 g/mol. The van der Waals surface area contributed by atoms with Gasteiger partial charge in [-0.05, 0) is 25.3 Å². The first-order valence-corrected chi connectivity index (χ1v) is 5.10. The van der Waals surface area contributed by atoms with E-state index in [1.165, 1.54) is 0 Å². The highest BCUT2D eigenvalue weighted by atomic mass is 16.3. The number of aromatic nitrogens is 2. The summed E-state index contributed by atoms with van der Waals surface area (Å²) in [6.07, 6.45) is 6.04. The van der Waals surface area contributed by atoms with Gasteiger partial charge in [-0.3, -0.25) is 4.68 Å². The predicted octanol–water partition coefficient (Wildman–Crippen LogP) is 0.763. The van der Waals surface area contributed by atoms with Crippen molar-refractivity contribution in [1.82, 2.24) is 9.78 Å². The molecule has 0 saturated heterocycles. The van der Waals surface area contributed by atoms with Gasteiger partial charge in [0.25, 0.3) is 0 Å². The molecule has 0 bridgehead atoms. The lowest BCUT2D eigenvalue weighted by atomic mass is 9.95. The highest BCUT2D eigenvalue weighted by molar-refractivity contribution is 4.80. The van der Waals surface area contributed by atoms with Gasteiger partial charge in [0.1, 0.15) is 0 Å². The number of rotatable bonds is 6. The first kappa shape index (κ1) is 11.2. The van der Waals surface area contributed by atoms with Crippen molar-refractivity contribution in [3.8, 4) is 0 Å². The Morgan fingerprint density at radius 3 is 2.86 bits per heavy atom. The normalized spacial score (nSPS) is 15.4. The van der Waals surface area contributed by atoms with Gasteiger partial charge in [-0.25, -0.2) is 0 Å². The highest BCUT2D eigenvalue weighted by Crippen LogP contribution is 2.15. The summed E-state index contributed by atoms with van der Waals surface area (Å²) in [4.78, 5) is 0. The van der Waals surface area contributed by atoms with Crippen LogP contribution in [0.5, 0.6) is 0 Å². The Bertz CT molecular complexity index is 242. The molecule has 0 amide bonds. The van der Waals surface area contributed by atoms with Crippen LogP contribution in [0.4, 0.5) is 0 Å². The van der Waals surface area contributed by atoms with Crippen molar-refractivity contribution in [3.63, 3.8) is 0 Å². The molecule has 0 spiro atoms. The molecule has 1 aromatic rings. The molecule has 1 unspecified atom stereocenters. The second kappa shape index (κ2) is 5.12. The van der Waals surface area contributed by atoms with E-state index in [2.05, 4.69) is 5.10 Å². The van der Waals surface area contributed by atoms with Crippen molar-refractivity contribution < 1.29 is 5.11 Å². The zero-order chi connectivity index (χ0) is 10.4. The van der Waals surface area contributed by atoms with E-state index in [0.717, 1.165) is 19.4 Å². The zero-order valence-corrected chi connectivity index (χ0v) is 8.69. The van der Waals surface area contributed by atoms with Crippen LogP contribution >= 0.6 is 0 Å². The molecular formula is C10H19N3O. The third kappa shape index (κ3) is 3.12. The molecule has 0 aliphatic heterocycles. The SMILES string of the molecule is CCC(O)(CN)CCCn1cccn1. The van der Waals surface area contributed by atoms with Gasteiger partial charge in [-0.2, -0.15) is 5.10 Å². The average Bonchev–Trinajstić information content (AvgIpc) is 2.70. The average molecular weight is 197 g/mol. The first-order valence-electron chi connectivity index (χ1n) is 5.10. The molecule has 0 radical (unpaired) electrons. The van der Waals surface area contributed by atoms with Gasteiger partial charge in [-0.15, -0.1) is 0 Å². The maximum atomic E-state index is 9.90. The van der Waals surface area contributed by atoms with Crippen molar-refractivity contribution in [2.45, 2.75) is 38.3 Å². The smallest absolute Gasteiger partial charge is 0.0767 e. The Labute approximate surface area is 84.7 Å². The number of hydrogen-bond acceptors (Lipinski definition) is 3. The summed E-state index contributed by atoms with van der Waals surface area (Å²) < 4.78 is 1.87. The fourth-order valence-corrected chi connectivity index (χ4v) is 1.43. The van der Waals surface area contributed by atoms with Crippen LogP contribution in [0.1, 0.15) is 26.2 Å². The summed E-state index contributed by atoms with van der Waals surface area (Å²) in [6.45, 7) is 3.14. The Morgan fingerprint density at radius 1 is 1.57 bits per heavy atom. The first-order chi connectivity index (χ1) is 6.70. The van der Waals surface area contributed by atoms with Crippen LogP contribution in [-0.4, -0.2) is 27.0 Å². The summed E-state index contributed by atoms with van der Waals surface area (Å²) in [5, 5.41) is 14.0. The third-order valence-corrected chi connectivity index (χ3v) is 2.63. The van der Waals surface area contributed by atoms with Gasteiger partial charge in [0.15, 0.2) is 0 Å². The Hall–Kier alpha value is -0.870. The van der Waals surface area contributed by atoms with Crippen LogP contribution in [0, 0.1) is 0 Å². The van der Waals surface area contributed by atoms with E-state index in [0.29, 0.717) is 13.0 Å². The van der Waals surface area contributed by atoms with Crippen LogP contribution in [-0.2, 0) is 6.54 Å². The van der Waals surface area contributed by atoms with Gasteiger partial charge >= 0.3 is 0 Å². The van der Waals surface area contributed by atoms with Gasteiger partial charge in [-0.1, -0.05) is 6.92 Å². The molecule has 1 heterocycles. The lowest BCUT2D eigenvalue weighted by Crippen LogP contribution is -2.37. The fourth-order valence-electron chi connectivity index (χ4n) is 1.43. The maximum Gasteiger partial charge on any atom is 0.0767 e. The van der Waals surface area contributed by atoms with E-state index in [9.17, 15) is 5.11 Å². The minimum absolute atomic E-state index is 0.336. The Morgan fingerprint density at radius 2 is 2.36 bits per heavy atom. The van der Waals surface area contributed by atoms with Crippen molar-refractivity contribution in [3.05, 3.63) is 18.5 Å². The molecular weight excluding hydrogens is 178 g/mol. The topological polar surface area (TPSA) is 64.1 Å². The lowest BCUT2D eigenvalue weighted by Gasteiger charge is -2.24. The van der Waals surface area contributed by atoms with Crippen molar-refractivity contribution in [1.29, 1.82) is 0 Å². The molecule has 14 heavy (non-hydrogen) atoms.